The van der Waals surface area contributed by atoms with Gasteiger partial charge in [0, 0.05) is 11.3 Å². The Morgan fingerprint density at radius 2 is 1.96 bits per heavy atom. The third-order valence-corrected chi connectivity index (χ3v) is 4.26. The lowest BCUT2D eigenvalue weighted by Crippen LogP contribution is -2.32. The summed E-state index contributed by atoms with van der Waals surface area (Å²) in [5.41, 5.74) is 0.554. The standard InChI is InChI=1S/C18H18FN3O3S/c1-8(2)25-17(24)12-9(3)20-15-14(16(23)22-18(26)21-15)13(12)10-6-4-5-7-11(10)19/h4-8,13H,1-3H3,(H3,20,21,22,23,26). The van der Waals surface area contributed by atoms with Crippen molar-refractivity contribution in [3.05, 3.63) is 67.6 Å². The van der Waals surface area contributed by atoms with Crippen LogP contribution in [0.1, 0.15) is 37.8 Å². The monoisotopic (exact) mass is 375 g/mol. The summed E-state index contributed by atoms with van der Waals surface area (Å²) in [7, 11) is 0. The molecule has 2 heterocycles. The average Bonchev–Trinajstić information content (AvgIpc) is 2.52. The van der Waals surface area contributed by atoms with Gasteiger partial charge < -0.3 is 15.0 Å². The van der Waals surface area contributed by atoms with Crippen LogP contribution in [0.5, 0.6) is 0 Å². The van der Waals surface area contributed by atoms with Crippen LogP contribution >= 0.6 is 12.2 Å². The number of benzene rings is 1. The zero-order valence-corrected chi connectivity index (χ0v) is 15.3. The molecule has 26 heavy (non-hydrogen) atoms. The Labute approximate surface area is 154 Å². The van der Waals surface area contributed by atoms with Gasteiger partial charge in [0.1, 0.15) is 11.6 Å². The SMILES string of the molecule is CC1=C(C(=O)OC(C)C)C(c2ccccc2F)c2c([nH]c(=S)[nH]c2=O)N1. The molecule has 1 aromatic heterocycles. The van der Waals surface area contributed by atoms with E-state index in [4.69, 9.17) is 17.0 Å². The molecule has 2 aromatic rings. The van der Waals surface area contributed by atoms with E-state index in [1.165, 1.54) is 6.07 Å². The molecule has 0 spiro atoms. The maximum atomic E-state index is 14.6. The Hall–Kier alpha value is -2.74. The summed E-state index contributed by atoms with van der Waals surface area (Å²) >= 11 is 5.01. The number of hydrogen-bond donors (Lipinski definition) is 3. The molecule has 8 heteroatoms. The van der Waals surface area contributed by atoms with Crippen molar-refractivity contribution in [1.82, 2.24) is 9.97 Å². The van der Waals surface area contributed by atoms with Gasteiger partial charge in [-0.15, -0.1) is 0 Å². The topological polar surface area (TPSA) is 87.0 Å². The number of anilines is 1. The first kappa shape index (κ1) is 18.1. The van der Waals surface area contributed by atoms with Gasteiger partial charge in [-0.1, -0.05) is 18.2 Å². The van der Waals surface area contributed by atoms with Gasteiger partial charge in [0.25, 0.3) is 5.56 Å². The van der Waals surface area contributed by atoms with Crippen molar-refractivity contribution in [2.75, 3.05) is 5.32 Å². The van der Waals surface area contributed by atoms with Crippen LogP contribution in [0.15, 0.2) is 40.3 Å². The highest BCUT2D eigenvalue weighted by Crippen LogP contribution is 2.40. The summed E-state index contributed by atoms with van der Waals surface area (Å²) < 4.78 is 20.0. The quantitative estimate of drug-likeness (QED) is 0.566. The number of allylic oxidation sites excluding steroid dienone is 1. The first-order chi connectivity index (χ1) is 12.3. The third kappa shape index (κ3) is 3.20. The fraction of sp³-hybridized carbons (Fsp3) is 0.278. The average molecular weight is 375 g/mol. The van der Waals surface area contributed by atoms with Gasteiger partial charge in [-0.05, 0) is 39.1 Å². The molecule has 0 radical (unpaired) electrons. The molecule has 1 aromatic carbocycles. The summed E-state index contributed by atoms with van der Waals surface area (Å²) in [6.07, 6.45) is -0.356. The van der Waals surface area contributed by atoms with Gasteiger partial charge in [-0.3, -0.25) is 9.78 Å². The van der Waals surface area contributed by atoms with Crippen molar-refractivity contribution in [3.8, 4) is 0 Å². The second-order valence-electron chi connectivity index (χ2n) is 6.27. The zero-order chi connectivity index (χ0) is 19.0. The van der Waals surface area contributed by atoms with E-state index in [0.717, 1.165) is 0 Å². The molecule has 0 fully saturated rings. The number of fused-ring (bicyclic) bond motifs is 1. The Morgan fingerprint density at radius 1 is 1.27 bits per heavy atom. The highest BCUT2D eigenvalue weighted by atomic mass is 32.1. The number of aromatic amines is 2. The molecular weight excluding hydrogens is 357 g/mol. The van der Waals surface area contributed by atoms with Gasteiger partial charge in [-0.25, -0.2) is 9.18 Å². The minimum atomic E-state index is -0.922. The normalized spacial score (nSPS) is 16.3. The largest absolute Gasteiger partial charge is 0.460 e. The number of ether oxygens (including phenoxy) is 1. The molecule has 1 atom stereocenters. The summed E-state index contributed by atoms with van der Waals surface area (Å²) in [6.45, 7) is 5.12. The van der Waals surface area contributed by atoms with E-state index in [-0.39, 0.29) is 27.6 Å². The fourth-order valence-corrected chi connectivity index (χ4v) is 3.25. The molecule has 0 bridgehead atoms. The number of esters is 1. The number of aromatic nitrogens is 2. The van der Waals surface area contributed by atoms with Crippen molar-refractivity contribution in [1.29, 1.82) is 0 Å². The number of carbonyl (C=O) groups excluding carboxylic acids is 1. The molecule has 0 saturated carbocycles. The first-order valence-electron chi connectivity index (χ1n) is 8.09. The lowest BCUT2D eigenvalue weighted by Gasteiger charge is -2.29. The number of H-pyrrole nitrogens is 2. The van der Waals surface area contributed by atoms with E-state index in [0.29, 0.717) is 11.5 Å². The minimum absolute atomic E-state index is 0.134. The highest BCUT2D eigenvalue weighted by Gasteiger charge is 2.37. The first-order valence-corrected chi connectivity index (χ1v) is 8.50. The molecule has 1 unspecified atom stereocenters. The van der Waals surface area contributed by atoms with Gasteiger partial charge in [0.05, 0.1) is 23.2 Å². The third-order valence-electron chi connectivity index (χ3n) is 4.05. The van der Waals surface area contributed by atoms with Crippen molar-refractivity contribution in [3.63, 3.8) is 0 Å². The van der Waals surface area contributed by atoms with Crippen LogP contribution < -0.4 is 10.9 Å². The molecule has 1 aliphatic heterocycles. The molecule has 6 nitrogen and oxygen atoms in total. The van der Waals surface area contributed by atoms with Crippen LogP contribution in [0.2, 0.25) is 0 Å². The zero-order valence-electron chi connectivity index (χ0n) is 14.5. The van der Waals surface area contributed by atoms with Crippen LogP contribution in [-0.2, 0) is 9.53 Å². The number of hydrogen-bond acceptors (Lipinski definition) is 5. The van der Waals surface area contributed by atoms with E-state index in [9.17, 15) is 14.0 Å². The summed E-state index contributed by atoms with van der Waals surface area (Å²) in [5, 5.41) is 2.98. The smallest absolute Gasteiger partial charge is 0.337 e. The summed E-state index contributed by atoms with van der Waals surface area (Å²) in [6, 6.07) is 6.04. The Morgan fingerprint density at radius 3 is 2.62 bits per heavy atom. The molecule has 3 rings (SSSR count). The second-order valence-corrected chi connectivity index (χ2v) is 6.68. The minimum Gasteiger partial charge on any atom is -0.460 e. The number of halogens is 1. The van der Waals surface area contributed by atoms with E-state index >= 15 is 0 Å². The van der Waals surface area contributed by atoms with Crippen molar-refractivity contribution < 1.29 is 13.9 Å². The number of nitrogens with one attached hydrogen (secondary N) is 3. The molecular formula is C18H18FN3O3S. The van der Waals surface area contributed by atoms with Gasteiger partial charge >= 0.3 is 5.97 Å². The maximum absolute atomic E-state index is 14.6. The second kappa shape index (κ2) is 6.87. The van der Waals surface area contributed by atoms with Gasteiger partial charge in [0.2, 0.25) is 0 Å². The summed E-state index contributed by atoms with van der Waals surface area (Å²) in [4.78, 5) is 30.7. The van der Waals surface area contributed by atoms with Gasteiger partial charge in [-0.2, -0.15) is 0 Å². The lowest BCUT2D eigenvalue weighted by molar-refractivity contribution is -0.143. The van der Waals surface area contributed by atoms with Crippen LogP contribution in [-0.4, -0.2) is 22.0 Å². The van der Waals surface area contributed by atoms with E-state index in [1.54, 1.807) is 39.0 Å². The van der Waals surface area contributed by atoms with Gasteiger partial charge in [0.15, 0.2) is 4.77 Å². The molecule has 3 N–H and O–H groups in total. The van der Waals surface area contributed by atoms with E-state index in [1.807, 2.05) is 0 Å². The number of carbonyl (C=O) groups is 1. The van der Waals surface area contributed by atoms with Crippen LogP contribution in [0.4, 0.5) is 10.2 Å². The van der Waals surface area contributed by atoms with Crippen molar-refractivity contribution in [2.45, 2.75) is 32.8 Å². The lowest BCUT2D eigenvalue weighted by atomic mass is 9.82. The predicted octanol–water partition coefficient (Wildman–Crippen LogP) is 3.35. The predicted molar refractivity (Wildman–Crippen MR) is 98.0 cm³/mol. The van der Waals surface area contributed by atoms with E-state index in [2.05, 4.69) is 15.3 Å². The van der Waals surface area contributed by atoms with Crippen LogP contribution in [0, 0.1) is 10.6 Å². The highest BCUT2D eigenvalue weighted by molar-refractivity contribution is 7.71. The Balaban J connectivity index is 2.30. The molecule has 136 valence electrons. The Kier molecular flexibility index (Phi) is 4.78. The molecule has 0 saturated heterocycles. The fourth-order valence-electron chi connectivity index (χ4n) is 3.05. The van der Waals surface area contributed by atoms with E-state index < -0.39 is 23.3 Å². The van der Waals surface area contributed by atoms with Crippen molar-refractivity contribution >= 4 is 24.0 Å². The number of rotatable bonds is 3. The van der Waals surface area contributed by atoms with Crippen LogP contribution in [0.3, 0.4) is 0 Å². The molecule has 0 amide bonds. The molecule has 0 aliphatic carbocycles. The molecule has 1 aliphatic rings. The Bertz CT molecular complexity index is 1020. The summed E-state index contributed by atoms with van der Waals surface area (Å²) in [5.74, 6) is -1.71. The maximum Gasteiger partial charge on any atom is 0.337 e. The van der Waals surface area contributed by atoms with Crippen molar-refractivity contribution in [2.24, 2.45) is 0 Å². The van der Waals surface area contributed by atoms with Crippen LogP contribution in [0.25, 0.3) is 0 Å².